The summed E-state index contributed by atoms with van der Waals surface area (Å²) >= 11 is 6.03. The molecule has 0 unspecified atom stereocenters. The van der Waals surface area contributed by atoms with Crippen LogP contribution in [0.15, 0.2) is 24.3 Å². The number of carbonyl (C=O) groups is 3. The van der Waals surface area contributed by atoms with Crippen molar-refractivity contribution in [3.63, 3.8) is 0 Å². The van der Waals surface area contributed by atoms with Crippen molar-refractivity contribution in [3.8, 4) is 0 Å². The first-order chi connectivity index (χ1) is 15.8. The molecule has 2 saturated heterocycles. The molecule has 1 saturated carbocycles. The van der Waals surface area contributed by atoms with Gasteiger partial charge in [-0.3, -0.25) is 9.59 Å². The number of rotatable bonds is 5. The summed E-state index contributed by atoms with van der Waals surface area (Å²) in [5.41, 5.74) is 0.975. The van der Waals surface area contributed by atoms with Crippen molar-refractivity contribution in [1.29, 1.82) is 0 Å². The number of benzene rings is 1. The van der Waals surface area contributed by atoms with Crippen LogP contribution in [0.4, 0.5) is 4.79 Å². The van der Waals surface area contributed by atoms with Gasteiger partial charge in [-0.2, -0.15) is 0 Å². The number of methoxy groups -OCH3 is 1. The quantitative estimate of drug-likeness (QED) is 0.704. The van der Waals surface area contributed by atoms with Gasteiger partial charge in [-0.25, -0.2) is 4.79 Å². The Morgan fingerprint density at radius 3 is 2.18 bits per heavy atom. The summed E-state index contributed by atoms with van der Waals surface area (Å²) in [6, 6.07) is 7.08. The molecule has 3 amide bonds. The average molecular weight is 478 g/mol. The number of halogens is 1. The van der Waals surface area contributed by atoms with Crippen LogP contribution in [0, 0.1) is 11.8 Å². The third-order valence-electron chi connectivity index (χ3n) is 7.63. The maximum Gasteiger partial charge on any atom is 0.407 e. The molecule has 8 nitrogen and oxygen atoms in total. The monoisotopic (exact) mass is 477 g/mol. The van der Waals surface area contributed by atoms with E-state index in [1.165, 1.54) is 4.90 Å². The summed E-state index contributed by atoms with van der Waals surface area (Å²) < 4.78 is 5.28. The maximum atomic E-state index is 13.3. The molecule has 180 valence electrons. The van der Waals surface area contributed by atoms with E-state index >= 15 is 0 Å². The predicted molar refractivity (Wildman–Crippen MR) is 123 cm³/mol. The fourth-order valence-electron chi connectivity index (χ4n) is 5.36. The van der Waals surface area contributed by atoms with Gasteiger partial charge < -0.3 is 24.5 Å². The van der Waals surface area contributed by atoms with E-state index in [0.717, 1.165) is 18.4 Å². The molecule has 3 aliphatic rings. The first-order valence-corrected chi connectivity index (χ1v) is 12.0. The van der Waals surface area contributed by atoms with E-state index in [2.05, 4.69) is 0 Å². The minimum absolute atomic E-state index is 0.0493. The number of likely N-dealkylation sites (N-methyl/N-ethyl adjacent to an activating group) is 1. The number of nitrogens with zero attached hydrogens (tertiary/aromatic N) is 3. The highest BCUT2D eigenvalue weighted by atomic mass is 35.5. The fraction of sp³-hybridized carbons (Fsp3) is 0.625. The van der Waals surface area contributed by atoms with Crippen LogP contribution in [0.25, 0.3) is 0 Å². The Kier molecular flexibility index (Phi) is 7.14. The molecule has 0 radical (unpaired) electrons. The Bertz CT molecular complexity index is 881. The lowest BCUT2D eigenvalue weighted by Crippen LogP contribution is -2.49. The number of ether oxygens (including phenoxy) is 1. The molecule has 0 bridgehead atoms. The van der Waals surface area contributed by atoms with Crippen LogP contribution < -0.4 is 0 Å². The normalized spacial score (nSPS) is 27.8. The summed E-state index contributed by atoms with van der Waals surface area (Å²) in [7, 11) is 3.24. The van der Waals surface area contributed by atoms with E-state index in [-0.39, 0.29) is 41.7 Å². The van der Waals surface area contributed by atoms with Gasteiger partial charge >= 0.3 is 6.09 Å². The molecule has 2 atom stereocenters. The van der Waals surface area contributed by atoms with Crippen molar-refractivity contribution < 1.29 is 24.2 Å². The average Bonchev–Trinajstić information content (AvgIpc) is 3.23. The topological polar surface area (TPSA) is 90.4 Å². The lowest BCUT2D eigenvalue weighted by atomic mass is 9.80. The highest BCUT2D eigenvalue weighted by Crippen LogP contribution is 2.35. The highest BCUT2D eigenvalue weighted by molar-refractivity contribution is 6.30. The number of carbonyl (C=O) groups excluding carboxylic acids is 2. The van der Waals surface area contributed by atoms with Crippen molar-refractivity contribution >= 4 is 29.5 Å². The zero-order chi connectivity index (χ0) is 23.7. The standard InChI is InChI=1S/C24H32ClN3O5/c1-26(24(31)32)21-14-28(13-20(21)15-3-5-18(25)6-4-15)22(29)16-7-9-27(10-8-16)23(30)17-11-19(12-17)33-2/h3-6,16-17,19-21H,7-14H2,1-2H3,(H,31,32)/t17?,19?,20-,21+/m0/s1. The zero-order valence-electron chi connectivity index (χ0n) is 19.2. The number of carboxylic acid groups (broad SMARTS) is 1. The van der Waals surface area contributed by atoms with Gasteiger partial charge in [-0.05, 0) is 43.4 Å². The Morgan fingerprint density at radius 2 is 1.61 bits per heavy atom. The predicted octanol–water partition coefficient (Wildman–Crippen LogP) is 2.91. The van der Waals surface area contributed by atoms with Crippen LogP contribution in [0.3, 0.4) is 0 Å². The SMILES string of the molecule is COC1CC(C(=O)N2CCC(C(=O)N3C[C@@H](N(C)C(=O)O)[C@H](c4ccc(Cl)cc4)C3)CC2)C1. The first-order valence-electron chi connectivity index (χ1n) is 11.6. The second kappa shape index (κ2) is 9.89. The Morgan fingerprint density at radius 1 is 1.00 bits per heavy atom. The molecule has 3 fully saturated rings. The summed E-state index contributed by atoms with van der Waals surface area (Å²) in [5.74, 6) is 0.0447. The Hall–Kier alpha value is -2.32. The molecule has 33 heavy (non-hydrogen) atoms. The molecule has 1 aromatic carbocycles. The first kappa shape index (κ1) is 23.8. The largest absolute Gasteiger partial charge is 0.465 e. The van der Waals surface area contributed by atoms with Gasteiger partial charge in [-0.1, -0.05) is 23.7 Å². The van der Waals surface area contributed by atoms with Gasteiger partial charge in [0.15, 0.2) is 0 Å². The molecule has 2 aliphatic heterocycles. The highest BCUT2D eigenvalue weighted by Gasteiger charge is 2.43. The van der Waals surface area contributed by atoms with Gasteiger partial charge in [0.25, 0.3) is 0 Å². The van der Waals surface area contributed by atoms with Crippen LogP contribution in [-0.4, -0.2) is 90.2 Å². The van der Waals surface area contributed by atoms with Crippen LogP contribution in [0.5, 0.6) is 0 Å². The number of hydrogen-bond donors (Lipinski definition) is 1. The molecule has 4 rings (SSSR count). The van der Waals surface area contributed by atoms with Gasteiger partial charge in [0, 0.05) is 63.1 Å². The molecule has 0 spiro atoms. The molecular weight excluding hydrogens is 446 g/mol. The third kappa shape index (κ3) is 4.96. The molecular formula is C24H32ClN3O5. The van der Waals surface area contributed by atoms with Crippen LogP contribution in [0.2, 0.25) is 5.02 Å². The molecule has 2 heterocycles. The summed E-state index contributed by atoms with van der Waals surface area (Å²) in [5, 5.41) is 10.2. The van der Waals surface area contributed by atoms with Crippen molar-refractivity contribution in [2.75, 3.05) is 40.3 Å². The summed E-state index contributed by atoms with van der Waals surface area (Å²) in [4.78, 5) is 42.7. The molecule has 1 aliphatic carbocycles. The van der Waals surface area contributed by atoms with Crippen molar-refractivity contribution in [2.45, 2.75) is 43.7 Å². The number of piperidine rings is 1. The minimum Gasteiger partial charge on any atom is -0.465 e. The van der Waals surface area contributed by atoms with E-state index in [1.54, 1.807) is 31.2 Å². The summed E-state index contributed by atoms with van der Waals surface area (Å²) in [6.45, 7) is 2.03. The van der Waals surface area contributed by atoms with Crippen molar-refractivity contribution in [1.82, 2.24) is 14.7 Å². The smallest absolute Gasteiger partial charge is 0.407 e. The number of hydrogen-bond acceptors (Lipinski definition) is 4. The zero-order valence-corrected chi connectivity index (χ0v) is 19.9. The lowest BCUT2D eigenvalue weighted by Gasteiger charge is -2.39. The third-order valence-corrected chi connectivity index (χ3v) is 7.88. The van der Waals surface area contributed by atoms with Gasteiger partial charge in [-0.15, -0.1) is 0 Å². The Balaban J connectivity index is 1.37. The Labute approximate surface area is 199 Å². The van der Waals surface area contributed by atoms with E-state index in [4.69, 9.17) is 16.3 Å². The summed E-state index contributed by atoms with van der Waals surface area (Å²) in [6.07, 6.45) is 2.04. The van der Waals surface area contributed by atoms with Crippen LogP contribution in [0.1, 0.15) is 37.2 Å². The van der Waals surface area contributed by atoms with Gasteiger partial charge in [0.05, 0.1) is 12.1 Å². The van der Waals surface area contributed by atoms with Crippen molar-refractivity contribution in [3.05, 3.63) is 34.9 Å². The van der Waals surface area contributed by atoms with Gasteiger partial charge in [0.1, 0.15) is 0 Å². The van der Waals surface area contributed by atoms with Crippen molar-refractivity contribution in [2.24, 2.45) is 11.8 Å². The van der Waals surface area contributed by atoms with Crippen LogP contribution >= 0.6 is 11.6 Å². The molecule has 1 aromatic rings. The lowest BCUT2D eigenvalue weighted by molar-refractivity contribution is -0.147. The second-order valence-electron chi connectivity index (χ2n) is 9.49. The van der Waals surface area contributed by atoms with E-state index in [0.29, 0.717) is 44.0 Å². The molecule has 1 N–H and O–H groups in total. The minimum atomic E-state index is -1.01. The molecule has 9 heteroatoms. The fourth-order valence-corrected chi connectivity index (χ4v) is 5.49. The second-order valence-corrected chi connectivity index (χ2v) is 9.92. The maximum absolute atomic E-state index is 13.3. The molecule has 0 aromatic heterocycles. The van der Waals surface area contributed by atoms with Crippen LogP contribution in [-0.2, 0) is 14.3 Å². The van der Waals surface area contributed by atoms with E-state index < -0.39 is 6.09 Å². The number of likely N-dealkylation sites (tertiary alicyclic amines) is 2. The van der Waals surface area contributed by atoms with E-state index in [9.17, 15) is 19.5 Å². The number of amides is 3. The van der Waals surface area contributed by atoms with E-state index in [1.807, 2.05) is 17.0 Å². The van der Waals surface area contributed by atoms with Gasteiger partial charge in [0.2, 0.25) is 11.8 Å².